The fraction of sp³-hybridized carbons (Fsp3) is 0.538. The molecule has 4 heteroatoms. The van der Waals surface area contributed by atoms with Gasteiger partial charge in [0.05, 0.1) is 10.7 Å². The van der Waals surface area contributed by atoms with Gasteiger partial charge in [0, 0.05) is 25.2 Å². The van der Waals surface area contributed by atoms with Gasteiger partial charge >= 0.3 is 0 Å². The van der Waals surface area contributed by atoms with Crippen LogP contribution in [0, 0.1) is 5.82 Å². The van der Waals surface area contributed by atoms with Crippen LogP contribution in [0.15, 0.2) is 18.2 Å². The van der Waals surface area contributed by atoms with E-state index in [0.29, 0.717) is 10.7 Å². The molecule has 0 aromatic heterocycles. The van der Waals surface area contributed by atoms with E-state index in [1.54, 1.807) is 12.1 Å². The van der Waals surface area contributed by atoms with Gasteiger partial charge in [0.1, 0.15) is 5.82 Å². The summed E-state index contributed by atoms with van der Waals surface area (Å²) in [7, 11) is 0. The number of nitrogens with one attached hydrogen (secondary N) is 1. The van der Waals surface area contributed by atoms with Crippen molar-refractivity contribution in [1.82, 2.24) is 5.32 Å². The summed E-state index contributed by atoms with van der Waals surface area (Å²) in [5, 5.41) is 3.97. The number of nitrogens with zero attached hydrogens (tertiary/aromatic N) is 1. The van der Waals surface area contributed by atoms with Gasteiger partial charge in [0.15, 0.2) is 0 Å². The summed E-state index contributed by atoms with van der Waals surface area (Å²) in [5.74, 6) is -0.238. The second-order valence-electron chi connectivity index (χ2n) is 4.83. The molecule has 0 spiro atoms. The maximum atomic E-state index is 13.8. The first-order valence-electron chi connectivity index (χ1n) is 6.00. The Bertz CT molecular complexity index is 390. The largest absolute Gasteiger partial charge is 0.365 e. The van der Waals surface area contributed by atoms with Crippen molar-refractivity contribution in [2.45, 2.75) is 25.8 Å². The van der Waals surface area contributed by atoms with Crippen LogP contribution in [0.4, 0.5) is 10.1 Å². The Morgan fingerprint density at radius 2 is 2.29 bits per heavy atom. The molecule has 1 aromatic rings. The lowest BCUT2D eigenvalue weighted by Crippen LogP contribution is -2.58. The third-order valence-electron chi connectivity index (χ3n) is 3.51. The van der Waals surface area contributed by atoms with E-state index in [-0.39, 0.29) is 11.4 Å². The van der Waals surface area contributed by atoms with Crippen LogP contribution in [-0.4, -0.2) is 25.2 Å². The van der Waals surface area contributed by atoms with Crippen molar-refractivity contribution in [3.63, 3.8) is 0 Å². The Balaban J connectivity index is 2.28. The smallest absolute Gasteiger partial charge is 0.148 e. The van der Waals surface area contributed by atoms with E-state index in [9.17, 15) is 4.39 Å². The molecule has 1 unspecified atom stereocenters. The lowest BCUT2D eigenvalue weighted by molar-refractivity contribution is 0.313. The molecule has 0 aliphatic carbocycles. The third kappa shape index (κ3) is 2.55. The molecule has 1 heterocycles. The number of piperazine rings is 1. The van der Waals surface area contributed by atoms with Crippen LogP contribution in [0.25, 0.3) is 0 Å². The van der Waals surface area contributed by atoms with Gasteiger partial charge in [0.25, 0.3) is 0 Å². The number of anilines is 1. The van der Waals surface area contributed by atoms with Gasteiger partial charge in [-0.2, -0.15) is 0 Å². The van der Waals surface area contributed by atoms with E-state index in [4.69, 9.17) is 11.6 Å². The molecule has 1 aliphatic heterocycles. The Kier molecular flexibility index (Phi) is 3.59. The Labute approximate surface area is 107 Å². The number of para-hydroxylation sites is 1. The zero-order valence-electron chi connectivity index (χ0n) is 10.3. The minimum atomic E-state index is -0.238. The summed E-state index contributed by atoms with van der Waals surface area (Å²) in [5.41, 5.74) is 0.569. The highest BCUT2D eigenvalue weighted by atomic mass is 35.5. The molecule has 0 saturated carbocycles. The molecule has 17 heavy (non-hydrogen) atoms. The van der Waals surface area contributed by atoms with Gasteiger partial charge in [0.2, 0.25) is 0 Å². The highest BCUT2D eigenvalue weighted by Crippen LogP contribution is 2.31. The van der Waals surface area contributed by atoms with Gasteiger partial charge in [-0.05, 0) is 25.5 Å². The normalized spacial score (nSPS) is 25.1. The van der Waals surface area contributed by atoms with Crippen LogP contribution >= 0.6 is 11.6 Å². The Morgan fingerprint density at radius 3 is 2.94 bits per heavy atom. The monoisotopic (exact) mass is 256 g/mol. The quantitative estimate of drug-likeness (QED) is 0.875. The number of hydrogen-bond donors (Lipinski definition) is 1. The first-order valence-corrected chi connectivity index (χ1v) is 6.37. The summed E-state index contributed by atoms with van der Waals surface area (Å²) < 4.78 is 13.8. The summed E-state index contributed by atoms with van der Waals surface area (Å²) >= 11 is 6.10. The summed E-state index contributed by atoms with van der Waals surface area (Å²) in [4.78, 5) is 2.04. The van der Waals surface area contributed by atoms with Crippen LogP contribution in [0.3, 0.4) is 0 Å². The van der Waals surface area contributed by atoms with Crippen LogP contribution in [0.1, 0.15) is 20.3 Å². The Hall–Kier alpha value is -0.800. The van der Waals surface area contributed by atoms with Gasteiger partial charge < -0.3 is 10.2 Å². The van der Waals surface area contributed by atoms with Crippen LogP contribution in [-0.2, 0) is 0 Å². The highest BCUT2D eigenvalue weighted by molar-refractivity contribution is 6.33. The topological polar surface area (TPSA) is 15.3 Å². The zero-order chi connectivity index (χ0) is 12.5. The van der Waals surface area contributed by atoms with Gasteiger partial charge in [-0.15, -0.1) is 0 Å². The summed E-state index contributed by atoms with van der Waals surface area (Å²) in [6.07, 6.45) is 1.01. The number of rotatable bonds is 2. The van der Waals surface area contributed by atoms with Crippen LogP contribution in [0.5, 0.6) is 0 Å². The number of hydrogen-bond acceptors (Lipinski definition) is 2. The molecule has 1 atom stereocenters. The third-order valence-corrected chi connectivity index (χ3v) is 3.81. The van der Waals surface area contributed by atoms with E-state index in [2.05, 4.69) is 19.2 Å². The molecular weight excluding hydrogens is 239 g/mol. The molecule has 94 valence electrons. The molecular formula is C13H18ClFN2. The molecule has 1 saturated heterocycles. The molecule has 1 aromatic carbocycles. The highest BCUT2D eigenvalue weighted by Gasteiger charge is 2.30. The van der Waals surface area contributed by atoms with Crippen molar-refractivity contribution in [3.05, 3.63) is 29.0 Å². The first kappa shape index (κ1) is 12.7. The zero-order valence-corrected chi connectivity index (χ0v) is 11.0. The number of benzene rings is 1. The predicted octanol–water partition coefficient (Wildman–Crippen LogP) is 3.06. The van der Waals surface area contributed by atoms with Crippen molar-refractivity contribution in [1.29, 1.82) is 0 Å². The predicted molar refractivity (Wildman–Crippen MR) is 70.3 cm³/mol. The van der Waals surface area contributed by atoms with Crippen LogP contribution < -0.4 is 10.2 Å². The molecule has 1 fully saturated rings. The van der Waals surface area contributed by atoms with Gasteiger partial charge in [-0.3, -0.25) is 0 Å². The molecule has 0 amide bonds. The van der Waals surface area contributed by atoms with Crippen LogP contribution in [0.2, 0.25) is 5.02 Å². The lowest BCUT2D eigenvalue weighted by Gasteiger charge is -2.42. The molecule has 2 rings (SSSR count). The first-order chi connectivity index (χ1) is 8.06. The molecule has 0 bridgehead atoms. The SMILES string of the molecule is CCC1(C)CN(c2c(F)cccc2Cl)CCN1. The van der Waals surface area contributed by atoms with E-state index in [1.807, 2.05) is 4.90 Å². The van der Waals surface area contributed by atoms with E-state index < -0.39 is 0 Å². The van der Waals surface area contributed by atoms with Crippen molar-refractivity contribution < 1.29 is 4.39 Å². The van der Waals surface area contributed by atoms with Crippen molar-refractivity contribution in [2.24, 2.45) is 0 Å². The maximum Gasteiger partial charge on any atom is 0.148 e. The molecule has 1 N–H and O–H groups in total. The molecule has 2 nitrogen and oxygen atoms in total. The number of halogens is 2. The van der Waals surface area contributed by atoms with E-state index in [0.717, 1.165) is 26.1 Å². The summed E-state index contributed by atoms with van der Waals surface area (Å²) in [6, 6.07) is 4.85. The van der Waals surface area contributed by atoms with Crippen molar-refractivity contribution in [2.75, 3.05) is 24.5 Å². The molecule has 1 aliphatic rings. The maximum absolute atomic E-state index is 13.8. The van der Waals surface area contributed by atoms with Crippen molar-refractivity contribution in [3.8, 4) is 0 Å². The van der Waals surface area contributed by atoms with Crippen molar-refractivity contribution >= 4 is 17.3 Å². The second-order valence-corrected chi connectivity index (χ2v) is 5.24. The minimum absolute atomic E-state index is 0.0316. The lowest BCUT2D eigenvalue weighted by atomic mass is 9.95. The second kappa shape index (κ2) is 4.83. The minimum Gasteiger partial charge on any atom is -0.365 e. The fourth-order valence-corrected chi connectivity index (χ4v) is 2.55. The molecule has 0 radical (unpaired) electrons. The summed E-state index contributed by atoms with van der Waals surface area (Å²) in [6.45, 7) is 6.72. The van der Waals surface area contributed by atoms with E-state index in [1.165, 1.54) is 6.07 Å². The Morgan fingerprint density at radius 1 is 1.53 bits per heavy atom. The average molecular weight is 257 g/mol. The van der Waals surface area contributed by atoms with Gasteiger partial charge in [-0.25, -0.2) is 4.39 Å². The standard InChI is InChI=1S/C13H18ClFN2/c1-3-13(2)9-17(8-7-16-13)12-10(14)5-4-6-11(12)15/h4-6,16H,3,7-9H2,1-2H3. The average Bonchev–Trinajstić information content (AvgIpc) is 2.29. The van der Waals surface area contributed by atoms with E-state index >= 15 is 0 Å². The van der Waals surface area contributed by atoms with Gasteiger partial charge in [-0.1, -0.05) is 24.6 Å². The fourth-order valence-electron chi connectivity index (χ4n) is 2.27.